The molecule has 104 valence electrons. The van der Waals surface area contributed by atoms with E-state index in [-0.39, 0.29) is 5.97 Å². The van der Waals surface area contributed by atoms with Gasteiger partial charge in [0, 0.05) is 20.0 Å². The summed E-state index contributed by atoms with van der Waals surface area (Å²) in [6, 6.07) is 13.1. The minimum absolute atomic E-state index is 0.342. The standard InChI is InChI=1S/C15H14BrNO2S/c1-2-19-15(18)12-7-4-8-13(17)14(12)20-11-6-3-5-10(16)9-11/h3-9H,2,17H2,1H3. The van der Waals surface area contributed by atoms with Crippen LogP contribution in [0.2, 0.25) is 0 Å². The third kappa shape index (κ3) is 3.55. The molecule has 3 nitrogen and oxygen atoms in total. The number of nitrogens with two attached hydrogens (primary N) is 1. The molecule has 0 aliphatic rings. The second kappa shape index (κ2) is 6.81. The Morgan fingerprint density at radius 2 is 2.05 bits per heavy atom. The van der Waals surface area contributed by atoms with Gasteiger partial charge in [0.15, 0.2) is 0 Å². The summed E-state index contributed by atoms with van der Waals surface area (Å²) in [6.07, 6.45) is 0. The molecule has 0 unspecified atom stereocenters. The average Bonchev–Trinajstić information content (AvgIpc) is 2.41. The van der Waals surface area contributed by atoms with Crippen molar-refractivity contribution < 1.29 is 9.53 Å². The van der Waals surface area contributed by atoms with Crippen LogP contribution in [0.1, 0.15) is 17.3 Å². The molecule has 0 spiro atoms. The van der Waals surface area contributed by atoms with Crippen molar-refractivity contribution in [3.63, 3.8) is 0 Å². The van der Waals surface area contributed by atoms with Gasteiger partial charge >= 0.3 is 5.97 Å². The van der Waals surface area contributed by atoms with Gasteiger partial charge in [-0.05, 0) is 37.3 Å². The molecule has 0 aromatic heterocycles. The molecule has 0 aliphatic heterocycles. The Kier molecular flexibility index (Phi) is 5.09. The molecule has 2 aromatic carbocycles. The predicted molar refractivity (Wildman–Crippen MR) is 85.1 cm³/mol. The highest BCUT2D eigenvalue weighted by Gasteiger charge is 2.15. The van der Waals surface area contributed by atoms with Gasteiger partial charge in [-0.1, -0.05) is 39.8 Å². The van der Waals surface area contributed by atoms with Crippen molar-refractivity contribution >= 4 is 39.3 Å². The first-order chi connectivity index (χ1) is 9.61. The van der Waals surface area contributed by atoms with E-state index in [4.69, 9.17) is 10.5 Å². The topological polar surface area (TPSA) is 52.3 Å². The molecule has 0 aliphatic carbocycles. The second-order valence-electron chi connectivity index (χ2n) is 4.00. The highest BCUT2D eigenvalue weighted by Crippen LogP contribution is 2.36. The Balaban J connectivity index is 2.37. The van der Waals surface area contributed by atoms with Crippen molar-refractivity contribution in [1.82, 2.24) is 0 Å². The van der Waals surface area contributed by atoms with Crippen LogP contribution in [0.4, 0.5) is 5.69 Å². The summed E-state index contributed by atoms with van der Waals surface area (Å²) >= 11 is 4.88. The first-order valence-electron chi connectivity index (χ1n) is 6.11. The number of esters is 1. The Labute approximate surface area is 130 Å². The Morgan fingerprint density at radius 3 is 2.75 bits per heavy atom. The van der Waals surface area contributed by atoms with E-state index in [0.717, 1.165) is 14.3 Å². The monoisotopic (exact) mass is 351 g/mol. The maximum atomic E-state index is 12.0. The number of hydrogen-bond acceptors (Lipinski definition) is 4. The summed E-state index contributed by atoms with van der Waals surface area (Å²) in [6.45, 7) is 2.12. The summed E-state index contributed by atoms with van der Waals surface area (Å²) in [5, 5.41) is 0. The van der Waals surface area contributed by atoms with E-state index in [1.54, 1.807) is 25.1 Å². The zero-order valence-corrected chi connectivity index (χ0v) is 13.3. The Bertz CT molecular complexity index is 631. The minimum Gasteiger partial charge on any atom is -0.462 e. The number of nitrogen functional groups attached to an aromatic ring is 1. The molecule has 2 N–H and O–H groups in total. The van der Waals surface area contributed by atoms with Crippen molar-refractivity contribution in [1.29, 1.82) is 0 Å². The maximum Gasteiger partial charge on any atom is 0.339 e. The minimum atomic E-state index is -0.350. The van der Waals surface area contributed by atoms with Gasteiger partial charge in [0.05, 0.1) is 12.2 Å². The first-order valence-corrected chi connectivity index (χ1v) is 7.71. The molecule has 0 radical (unpaired) electrons. The van der Waals surface area contributed by atoms with Crippen LogP contribution in [-0.4, -0.2) is 12.6 Å². The molecule has 0 saturated carbocycles. The van der Waals surface area contributed by atoms with Gasteiger partial charge in [-0.25, -0.2) is 4.79 Å². The van der Waals surface area contributed by atoms with Gasteiger partial charge in [-0.15, -0.1) is 0 Å². The lowest BCUT2D eigenvalue weighted by Crippen LogP contribution is -2.07. The first kappa shape index (κ1) is 14.9. The van der Waals surface area contributed by atoms with Gasteiger partial charge in [0.1, 0.15) is 0 Å². The number of benzene rings is 2. The Hall–Kier alpha value is -1.46. The number of anilines is 1. The van der Waals surface area contributed by atoms with E-state index in [0.29, 0.717) is 17.9 Å². The normalized spacial score (nSPS) is 10.3. The van der Waals surface area contributed by atoms with E-state index in [1.165, 1.54) is 11.8 Å². The summed E-state index contributed by atoms with van der Waals surface area (Å²) in [5.74, 6) is -0.350. The zero-order valence-electron chi connectivity index (χ0n) is 10.9. The molecular weight excluding hydrogens is 338 g/mol. The van der Waals surface area contributed by atoms with Gasteiger partial charge in [0.25, 0.3) is 0 Å². The van der Waals surface area contributed by atoms with E-state index in [9.17, 15) is 4.79 Å². The number of hydrogen-bond donors (Lipinski definition) is 1. The van der Waals surface area contributed by atoms with Crippen LogP contribution in [-0.2, 0) is 4.74 Å². The number of halogens is 1. The van der Waals surface area contributed by atoms with Crippen molar-refractivity contribution in [2.24, 2.45) is 0 Å². The SMILES string of the molecule is CCOC(=O)c1cccc(N)c1Sc1cccc(Br)c1. The van der Waals surface area contributed by atoms with Crippen molar-refractivity contribution in [3.8, 4) is 0 Å². The van der Waals surface area contributed by atoms with Crippen molar-refractivity contribution in [2.45, 2.75) is 16.7 Å². The molecule has 5 heteroatoms. The summed E-state index contributed by atoms with van der Waals surface area (Å²) in [7, 11) is 0. The van der Waals surface area contributed by atoms with Crippen LogP contribution in [0.25, 0.3) is 0 Å². The van der Waals surface area contributed by atoms with Gasteiger partial charge in [0.2, 0.25) is 0 Å². The highest BCUT2D eigenvalue weighted by molar-refractivity contribution is 9.10. The van der Waals surface area contributed by atoms with Crippen LogP contribution in [0.15, 0.2) is 56.7 Å². The molecule has 0 heterocycles. The quantitative estimate of drug-likeness (QED) is 0.656. The number of carbonyl (C=O) groups is 1. The molecule has 0 atom stereocenters. The van der Waals surface area contributed by atoms with Gasteiger partial charge in [-0.3, -0.25) is 0 Å². The molecule has 2 rings (SSSR count). The third-order valence-electron chi connectivity index (χ3n) is 2.56. The largest absolute Gasteiger partial charge is 0.462 e. The molecule has 0 fully saturated rings. The third-order valence-corrected chi connectivity index (χ3v) is 4.20. The fourth-order valence-corrected chi connectivity index (χ4v) is 3.25. The summed E-state index contributed by atoms with van der Waals surface area (Å²) in [4.78, 5) is 13.7. The lowest BCUT2D eigenvalue weighted by atomic mass is 10.2. The van der Waals surface area contributed by atoms with E-state index >= 15 is 0 Å². The van der Waals surface area contributed by atoms with E-state index < -0.39 is 0 Å². The fraction of sp³-hybridized carbons (Fsp3) is 0.133. The van der Waals surface area contributed by atoms with Crippen LogP contribution in [0.5, 0.6) is 0 Å². The predicted octanol–water partition coefficient (Wildman–Crippen LogP) is 4.36. The van der Waals surface area contributed by atoms with E-state index in [1.807, 2.05) is 24.3 Å². The maximum absolute atomic E-state index is 12.0. The van der Waals surface area contributed by atoms with Crippen molar-refractivity contribution in [3.05, 3.63) is 52.5 Å². The molecule has 0 amide bonds. The smallest absolute Gasteiger partial charge is 0.339 e. The van der Waals surface area contributed by atoms with Crippen LogP contribution < -0.4 is 5.73 Å². The second-order valence-corrected chi connectivity index (χ2v) is 6.00. The number of carbonyl (C=O) groups excluding carboxylic acids is 1. The lowest BCUT2D eigenvalue weighted by molar-refractivity contribution is 0.0522. The zero-order chi connectivity index (χ0) is 14.5. The molecule has 2 aromatic rings. The molecule has 0 bridgehead atoms. The van der Waals surface area contributed by atoms with Crippen LogP contribution in [0.3, 0.4) is 0 Å². The van der Waals surface area contributed by atoms with Gasteiger partial charge in [-0.2, -0.15) is 0 Å². The summed E-state index contributed by atoms with van der Waals surface area (Å²) in [5.41, 5.74) is 7.07. The molecule has 0 saturated heterocycles. The van der Waals surface area contributed by atoms with Crippen LogP contribution >= 0.6 is 27.7 Å². The molecular formula is C15H14BrNO2S. The lowest BCUT2D eigenvalue weighted by Gasteiger charge is -2.11. The Morgan fingerprint density at radius 1 is 1.30 bits per heavy atom. The number of ether oxygens (including phenoxy) is 1. The van der Waals surface area contributed by atoms with Crippen molar-refractivity contribution in [2.75, 3.05) is 12.3 Å². The van der Waals surface area contributed by atoms with Crippen LogP contribution in [0, 0.1) is 0 Å². The fourth-order valence-electron chi connectivity index (χ4n) is 1.69. The number of rotatable bonds is 4. The average molecular weight is 352 g/mol. The summed E-state index contributed by atoms with van der Waals surface area (Å²) < 4.78 is 6.05. The highest BCUT2D eigenvalue weighted by atomic mass is 79.9. The van der Waals surface area contributed by atoms with E-state index in [2.05, 4.69) is 15.9 Å². The molecule has 20 heavy (non-hydrogen) atoms. The van der Waals surface area contributed by atoms with Gasteiger partial charge < -0.3 is 10.5 Å².